The maximum absolute atomic E-state index is 12.9. The molecule has 0 amide bonds. The molecule has 0 aromatic rings. The molecule has 0 bridgehead atoms. The smallest absolute Gasteiger partial charge is 0.306 e. The van der Waals surface area contributed by atoms with Crippen LogP contribution >= 0.6 is 0 Å². The van der Waals surface area contributed by atoms with Crippen LogP contribution in [-0.2, 0) is 23.7 Å². The van der Waals surface area contributed by atoms with Gasteiger partial charge in [-0.3, -0.25) is 4.79 Å². The molecule has 1 heterocycles. The van der Waals surface area contributed by atoms with E-state index in [-0.39, 0.29) is 19.2 Å². The highest BCUT2D eigenvalue weighted by Crippen LogP contribution is 2.23. The van der Waals surface area contributed by atoms with Gasteiger partial charge in [0.1, 0.15) is 30.5 Å². The minimum Gasteiger partial charge on any atom is -0.457 e. The van der Waals surface area contributed by atoms with E-state index in [4.69, 9.17) is 18.9 Å². The van der Waals surface area contributed by atoms with Crippen LogP contribution in [0, 0.1) is 0 Å². The lowest BCUT2D eigenvalue weighted by Crippen LogP contribution is -2.59. The molecule has 6 atom stereocenters. The summed E-state index contributed by atoms with van der Waals surface area (Å²) >= 11 is 0. The van der Waals surface area contributed by atoms with Crippen molar-refractivity contribution in [2.75, 3.05) is 26.4 Å². The molecule has 0 saturated carbocycles. The lowest BCUT2D eigenvalue weighted by atomic mass is 9.99. The molecule has 0 aromatic heterocycles. The van der Waals surface area contributed by atoms with Gasteiger partial charge < -0.3 is 39.4 Å². The molecule has 1 fully saturated rings. The molecule has 1 aliphatic rings. The van der Waals surface area contributed by atoms with Gasteiger partial charge in [-0.1, -0.05) is 223 Å². The van der Waals surface area contributed by atoms with E-state index in [1.54, 1.807) is 0 Å². The topological polar surface area (TPSA) is 135 Å². The van der Waals surface area contributed by atoms with Crippen LogP contribution in [0.2, 0.25) is 0 Å². The minimum atomic E-state index is -1.54. The molecule has 6 unspecified atom stereocenters. The van der Waals surface area contributed by atoms with Gasteiger partial charge in [0.25, 0.3) is 0 Å². The second-order valence-electron chi connectivity index (χ2n) is 18.3. The van der Waals surface area contributed by atoms with E-state index in [0.717, 1.165) is 70.6 Å². The molecular weight excluding hydrogens is 805 g/mol. The Morgan fingerprint density at radius 1 is 0.516 bits per heavy atom. The van der Waals surface area contributed by atoms with E-state index in [9.17, 15) is 25.2 Å². The Bertz CT molecular complexity index is 1120. The number of hydrogen-bond acceptors (Lipinski definition) is 9. The normalized spacial score (nSPS) is 19.9. The summed E-state index contributed by atoms with van der Waals surface area (Å²) in [7, 11) is 0. The zero-order valence-corrected chi connectivity index (χ0v) is 41.3. The maximum atomic E-state index is 12.9. The van der Waals surface area contributed by atoms with Crippen molar-refractivity contribution in [2.45, 2.75) is 269 Å². The molecule has 0 radical (unpaired) electrons. The Labute approximate surface area is 392 Å². The second-order valence-corrected chi connectivity index (χ2v) is 18.3. The first-order chi connectivity index (χ1) is 31.4. The number of carbonyl (C=O) groups is 1. The van der Waals surface area contributed by atoms with E-state index in [2.05, 4.69) is 62.5 Å². The Hall–Kier alpha value is -1.85. The summed E-state index contributed by atoms with van der Waals surface area (Å²) < 4.78 is 22.9. The number of unbranched alkanes of at least 4 members (excludes halogenated alkanes) is 27. The van der Waals surface area contributed by atoms with E-state index >= 15 is 0 Å². The fourth-order valence-electron chi connectivity index (χ4n) is 8.13. The number of allylic oxidation sites excluding steroid dienone is 8. The van der Waals surface area contributed by atoms with Crippen molar-refractivity contribution < 1.29 is 44.2 Å². The Morgan fingerprint density at radius 3 is 1.44 bits per heavy atom. The number of aliphatic hydroxyl groups excluding tert-OH is 4. The molecule has 1 rings (SSSR count). The highest BCUT2D eigenvalue weighted by Gasteiger charge is 2.44. The molecule has 1 aliphatic heterocycles. The zero-order chi connectivity index (χ0) is 46.4. The average molecular weight is 905 g/mol. The van der Waals surface area contributed by atoms with E-state index in [1.165, 1.54) is 141 Å². The Kier molecular flexibility index (Phi) is 43.5. The summed E-state index contributed by atoms with van der Waals surface area (Å²) in [5.74, 6) is -0.317. The molecule has 0 aliphatic carbocycles. The van der Waals surface area contributed by atoms with Crippen molar-refractivity contribution >= 4 is 5.97 Å². The van der Waals surface area contributed by atoms with Crippen LogP contribution in [0.3, 0.4) is 0 Å². The molecule has 1 saturated heterocycles. The van der Waals surface area contributed by atoms with Crippen molar-refractivity contribution in [1.29, 1.82) is 0 Å². The van der Waals surface area contributed by atoms with Gasteiger partial charge in [0, 0.05) is 13.0 Å². The van der Waals surface area contributed by atoms with Crippen LogP contribution in [0.4, 0.5) is 0 Å². The van der Waals surface area contributed by atoms with Crippen molar-refractivity contribution in [2.24, 2.45) is 0 Å². The number of esters is 1. The first-order valence-electron chi connectivity index (χ1n) is 26.7. The number of aliphatic hydroxyl groups is 4. The summed E-state index contributed by atoms with van der Waals surface area (Å²) in [6, 6.07) is 0. The quantitative estimate of drug-likeness (QED) is 0.0267. The third-order valence-corrected chi connectivity index (χ3v) is 12.3. The summed E-state index contributed by atoms with van der Waals surface area (Å²) in [6.45, 7) is 4.44. The highest BCUT2D eigenvalue weighted by atomic mass is 16.7. The van der Waals surface area contributed by atoms with E-state index in [0.29, 0.717) is 13.0 Å². The molecule has 4 N–H and O–H groups in total. The highest BCUT2D eigenvalue weighted by molar-refractivity contribution is 5.69. The predicted molar refractivity (Wildman–Crippen MR) is 265 cm³/mol. The average Bonchev–Trinajstić information content (AvgIpc) is 3.30. The monoisotopic (exact) mass is 905 g/mol. The number of carbonyl (C=O) groups excluding carboxylic acids is 1. The van der Waals surface area contributed by atoms with Gasteiger partial charge in [0.15, 0.2) is 6.29 Å². The van der Waals surface area contributed by atoms with Gasteiger partial charge in [-0.15, -0.1) is 0 Å². The van der Waals surface area contributed by atoms with Gasteiger partial charge in [-0.25, -0.2) is 0 Å². The number of rotatable bonds is 46. The lowest BCUT2D eigenvalue weighted by Gasteiger charge is -2.39. The SMILES string of the molecule is CC/C=C\C/C=C\C/C=C\C/C=C\CCCCCCCOCC(COC1OC(CO)C(O)C(O)C1O)OC(=O)CCCCCCCCCCCCCCCCCCCCCCCCC. The molecule has 9 nitrogen and oxygen atoms in total. The fraction of sp³-hybridized carbons (Fsp3) is 0.836. The molecule has 9 heteroatoms. The number of ether oxygens (including phenoxy) is 4. The second kappa shape index (κ2) is 46.3. The standard InChI is InChI=1S/C55H100O9/c1-3-5-7-9-11-13-15-17-19-21-23-24-25-26-27-28-30-32-34-36-38-40-42-44-51(57)63-49(48-62-55-54(60)53(59)52(58)50(46-56)64-55)47-61-45-43-41-39-37-35-33-31-29-22-20-18-16-14-12-10-8-6-4-2/h6,8,12,14,18,20,29,31,49-50,52-56,58-60H,3-5,7,9-11,13,15-17,19,21-28,30,32-48H2,1-2H3/b8-6-,14-12-,20-18-,31-29-. The van der Waals surface area contributed by atoms with Gasteiger partial charge in [-0.05, 0) is 51.4 Å². The van der Waals surface area contributed by atoms with E-state index < -0.39 is 43.4 Å². The van der Waals surface area contributed by atoms with Gasteiger partial charge >= 0.3 is 5.97 Å². The van der Waals surface area contributed by atoms with Crippen LogP contribution < -0.4 is 0 Å². The largest absolute Gasteiger partial charge is 0.457 e. The summed E-state index contributed by atoms with van der Waals surface area (Å²) in [5.41, 5.74) is 0. The predicted octanol–water partition coefficient (Wildman–Crippen LogP) is 13.3. The van der Waals surface area contributed by atoms with E-state index in [1.807, 2.05) is 0 Å². The van der Waals surface area contributed by atoms with Crippen LogP contribution in [-0.4, -0.2) is 89.6 Å². The van der Waals surface area contributed by atoms with Gasteiger partial charge in [0.2, 0.25) is 0 Å². The molecule has 0 aromatic carbocycles. The molecule has 374 valence electrons. The molecule has 0 spiro atoms. The zero-order valence-electron chi connectivity index (χ0n) is 41.3. The molecule has 64 heavy (non-hydrogen) atoms. The first kappa shape index (κ1) is 60.2. The van der Waals surface area contributed by atoms with Crippen LogP contribution in [0.15, 0.2) is 48.6 Å². The van der Waals surface area contributed by atoms with Gasteiger partial charge in [-0.2, -0.15) is 0 Å². The lowest BCUT2D eigenvalue weighted by molar-refractivity contribution is -0.305. The maximum Gasteiger partial charge on any atom is 0.306 e. The summed E-state index contributed by atoms with van der Waals surface area (Å²) in [5, 5.41) is 40.3. The summed E-state index contributed by atoms with van der Waals surface area (Å²) in [4.78, 5) is 12.9. The van der Waals surface area contributed by atoms with Crippen LogP contribution in [0.25, 0.3) is 0 Å². The van der Waals surface area contributed by atoms with Crippen molar-refractivity contribution in [3.63, 3.8) is 0 Å². The Balaban J connectivity index is 2.18. The van der Waals surface area contributed by atoms with Gasteiger partial charge in [0.05, 0.1) is 19.8 Å². The van der Waals surface area contributed by atoms with Crippen molar-refractivity contribution in [3.8, 4) is 0 Å². The van der Waals surface area contributed by atoms with Crippen molar-refractivity contribution in [1.82, 2.24) is 0 Å². The Morgan fingerprint density at radius 2 is 0.953 bits per heavy atom. The minimum absolute atomic E-state index is 0.120. The third-order valence-electron chi connectivity index (χ3n) is 12.3. The fourth-order valence-corrected chi connectivity index (χ4v) is 8.13. The van der Waals surface area contributed by atoms with Crippen LogP contribution in [0.5, 0.6) is 0 Å². The van der Waals surface area contributed by atoms with Crippen LogP contribution in [0.1, 0.15) is 232 Å². The molecular formula is C55H100O9. The van der Waals surface area contributed by atoms with Crippen molar-refractivity contribution in [3.05, 3.63) is 48.6 Å². The first-order valence-corrected chi connectivity index (χ1v) is 26.7. The number of hydrogen-bond donors (Lipinski definition) is 4. The summed E-state index contributed by atoms with van der Waals surface area (Å²) in [6.07, 6.45) is 51.5. The third kappa shape index (κ3) is 36.3.